The molecule has 0 saturated heterocycles. The Morgan fingerprint density at radius 3 is 2.54 bits per heavy atom. The van der Waals surface area contributed by atoms with Gasteiger partial charge in [0.05, 0.1) is 18.4 Å². The van der Waals surface area contributed by atoms with Crippen LogP contribution in [0.5, 0.6) is 5.75 Å². The Morgan fingerprint density at radius 1 is 1.07 bits per heavy atom. The van der Waals surface area contributed by atoms with E-state index < -0.39 is 0 Å². The van der Waals surface area contributed by atoms with Gasteiger partial charge >= 0.3 is 0 Å². The largest absolute Gasteiger partial charge is 0.497 e. The third-order valence-corrected chi connectivity index (χ3v) is 4.24. The van der Waals surface area contributed by atoms with Crippen LogP contribution in [0.25, 0.3) is 0 Å². The van der Waals surface area contributed by atoms with Crippen molar-refractivity contribution >= 4 is 29.1 Å². The second-order valence-electron chi connectivity index (χ2n) is 5.92. The molecule has 2 amide bonds. The van der Waals surface area contributed by atoms with Crippen molar-refractivity contribution in [1.82, 2.24) is 10.3 Å². The van der Waals surface area contributed by atoms with E-state index in [0.717, 1.165) is 5.56 Å². The lowest BCUT2D eigenvalue weighted by Gasteiger charge is -2.12. The van der Waals surface area contributed by atoms with E-state index in [4.69, 9.17) is 16.3 Å². The molecule has 142 valence electrons. The van der Waals surface area contributed by atoms with Crippen LogP contribution in [0.4, 0.5) is 5.69 Å². The van der Waals surface area contributed by atoms with Gasteiger partial charge in [-0.25, -0.2) is 0 Å². The number of nitrogens with one attached hydrogen (secondary N) is 2. The Balaban J connectivity index is 1.75. The van der Waals surface area contributed by atoms with Gasteiger partial charge in [-0.15, -0.1) is 0 Å². The number of carbonyl (C=O) groups excluding carboxylic acids is 2. The average molecular weight is 396 g/mol. The number of ether oxygens (including phenoxy) is 1. The van der Waals surface area contributed by atoms with Gasteiger partial charge in [-0.2, -0.15) is 0 Å². The number of carbonyl (C=O) groups is 2. The minimum absolute atomic E-state index is 0.276. The normalized spacial score (nSPS) is 10.2. The first-order valence-corrected chi connectivity index (χ1v) is 8.86. The van der Waals surface area contributed by atoms with E-state index in [-0.39, 0.29) is 17.4 Å². The maximum atomic E-state index is 12.6. The fraction of sp³-hybridized carbons (Fsp3) is 0.0952. The summed E-state index contributed by atoms with van der Waals surface area (Å²) in [7, 11) is 1.55. The van der Waals surface area contributed by atoms with E-state index in [1.54, 1.807) is 62.0 Å². The zero-order chi connectivity index (χ0) is 19.9. The Morgan fingerprint density at radius 2 is 1.86 bits per heavy atom. The molecular weight excluding hydrogens is 378 g/mol. The van der Waals surface area contributed by atoms with Crippen molar-refractivity contribution in [3.63, 3.8) is 0 Å². The minimum atomic E-state index is -0.351. The van der Waals surface area contributed by atoms with E-state index in [1.165, 1.54) is 6.07 Å². The maximum absolute atomic E-state index is 12.6. The number of amides is 2. The molecule has 2 aromatic carbocycles. The van der Waals surface area contributed by atoms with Crippen LogP contribution in [0.2, 0.25) is 5.02 Å². The third-order valence-electron chi connectivity index (χ3n) is 4.00. The van der Waals surface area contributed by atoms with Gasteiger partial charge in [-0.1, -0.05) is 17.7 Å². The van der Waals surface area contributed by atoms with Crippen molar-refractivity contribution in [2.45, 2.75) is 6.54 Å². The van der Waals surface area contributed by atoms with E-state index >= 15 is 0 Å². The van der Waals surface area contributed by atoms with Crippen LogP contribution in [0.15, 0.2) is 67.0 Å². The molecule has 3 rings (SSSR count). The molecule has 0 bridgehead atoms. The second kappa shape index (κ2) is 9.01. The molecule has 1 heterocycles. The molecule has 0 fully saturated rings. The Labute approximate surface area is 167 Å². The number of hydrogen-bond donors (Lipinski definition) is 2. The van der Waals surface area contributed by atoms with Crippen molar-refractivity contribution in [1.29, 1.82) is 0 Å². The van der Waals surface area contributed by atoms with E-state index in [9.17, 15) is 9.59 Å². The molecule has 7 heteroatoms. The minimum Gasteiger partial charge on any atom is -0.497 e. The molecule has 0 aliphatic rings. The summed E-state index contributed by atoms with van der Waals surface area (Å²) < 4.78 is 5.09. The summed E-state index contributed by atoms with van der Waals surface area (Å²) >= 11 is 6.05. The van der Waals surface area contributed by atoms with Crippen molar-refractivity contribution in [3.8, 4) is 5.75 Å². The highest BCUT2D eigenvalue weighted by molar-refractivity contribution is 6.31. The zero-order valence-corrected chi connectivity index (χ0v) is 15.9. The molecule has 0 spiro atoms. The fourth-order valence-electron chi connectivity index (χ4n) is 2.53. The molecule has 0 aliphatic carbocycles. The highest BCUT2D eigenvalue weighted by Gasteiger charge is 2.15. The third kappa shape index (κ3) is 4.86. The number of anilines is 1. The van der Waals surface area contributed by atoms with Gasteiger partial charge in [0.2, 0.25) is 0 Å². The standard InChI is InChI=1S/C21H18ClN3O3/c1-28-17-7-4-15(5-8-17)20(26)25-19-9-6-16(22)11-18(19)21(27)24-13-14-3-2-10-23-12-14/h2-12H,13H2,1H3,(H,24,27)(H,25,26). The zero-order valence-electron chi connectivity index (χ0n) is 15.1. The van der Waals surface area contributed by atoms with Crippen LogP contribution >= 0.6 is 11.6 Å². The van der Waals surface area contributed by atoms with Crippen LogP contribution in [0, 0.1) is 0 Å². The van der Waals surface area contributed by atoms with Crippen LogP contribution < -0.4 is 15.4 Å². The highest BCUT2D eigenvalue weighted by atomic mass is 35.5. The average Bonchev–Trinajstić information content (AvgIpc) is 2.74. The van der Waals surface area contributed by atoms with Crippen LogP contribution in [-0.2, 0) is 6.54 Å². The number of hydrogen-bond acceptors (Lipinski definition) is 4. The van der Waals surface area contributed by atoms with Gasteiger partial charge in [-0.3, -0.25) is 14.6 Å². The molecule has 0 saturated carbocycles. The van der Waals surface area contributed by atoms with Gasteiger partial charge in [0.25, 0.3) is 11.8 Å². The summed E-state index contributed by atoms with van der Waals surface area (Å²) in [6.07, 6.45) is 3.33. The first-order chi connectivity index (χ1) is 13.6. The molecule has 0 radical (unpaired) electrons. The number of halogens is 1. The topological polar surface area (TPSA) is 80.3 Å². The molecular formula is C21H18ClN3O3. The molecule has 0 atom stereocenters. The van der Waals surface area contributed by atoms with Crippen molar-refractivity contribution in [2.24, 2.45) is 0 Å². The second-order valence-corrected chi connectivity index (χ2v) is 6.35. The molecule has 6 nitrogen and oxygen atoms in total. The lowest BCUT2D eigenvalue weighted by Crippen LogP contribution is -2.25. The number of pyridine rings is 1. The summed E-state index contributed by atoms with van der Waals surface area (Å²) in [6, 6.07) is 15.1. The predicted molar refractivity (Wildman–Crippen MR) is 108 cm³/mol. The van der Waals surface area contributed by atoms with Gasteiger partial charge in [0.1, 0.15) is 5.75 Å². The molecule has 0 aliphatic heterocycles. The summed E-state index contributed by atoms with van der Waals surface area (Å²) in [5.41, 5.74) is 1.95. The maximum Gasteiger partial charge on any atom is 0.255 e. The Hall–Kier alpha value is -3.38. The number of rotatable bonds is 6. The monoisotopic (exact) mass is 395 g/mol. The predicted octanol–water partition coefficient (Wildman–Crippen LogP) is 3.93. The summed E-state index contributed by atoms with van der Waals surface area (Å²) in [4.78, 5) is 29.2. The van der Waals surface area contributed by atoms with Gasteiger partial charge in [-0.05, 0) is 54.1 Å². The first kappa shape index (κ1) is 19.4. The lowest BCUT2D eigenvalue weighted by molar-refractivity contribution is 0.0951. The van der Waals surface area contributed by atoms with Gasteiger partial charge in [0, 0.05) is 29.5 Å². The molecule has 2 N–H and O–H groups in total. The summed E-state index contributed by atoms with van der Waals surface area (Å²) in [5, 5.41) is 5.96. The van der Waals surface area contributed by atoms with E-state index in [1.807, 2.05) is 6.07 Å². The number of benzene rings is 2. The van der Waals surface area contributed by atoms with Crippen LogP contribution in [0.3, 0.4) is 0 Å². The highest BCUT2D eigenvalue weighted by Crippen LogP contribution is 2.22. The quantitative estimate of drug-likeness (QED) is 0.662. The molecule has 3 aromatic rings. The molecule has 1 aromatic heterocycles. The smallest absolute Gasteiger partial charge is 0.255 e. The summed E-state index contributed by atoms with van der Waals surface area (Å²) in [6.45, 7) is 0.311. The fourth-order valence-corrected chi connectivity index (χ4v) is 2.70. The van der Waals surface area contributed by atoms with Crippen LogP contribution in [-0.4, -0.2) is 23.9 Å². The Kier molecular flexibility index (Phi) is 6.24. The summed E-state index contributed by atoms with van der Waals surface area (Å²) in [5.74, 6) is -0.0406. The van der Waals surface area contributed by atoms with E-state index in [2.05, 4.69) is 15.6 Å². The van der Waals surface area contributed by atoms with Gasteiger partial charge in [0.15, 0.2) is 0 Å². The molecule has 28 heavy (non-hydrogen) atoms. The van der Waals surface area contributed by atoms with Crippen LogP contribution in [0.1, 0.15) is 26.3 Å². The number of nitrogens with zero attached hydrogens (tertiary/aromatic N) is 1. The lowest BCUT2D eigenvalue weighted by atomic mass is 10.1. The number of methoxy groups -OCH3 is 1. The van der Waals surface area contributed by atoms with Gasteiger partial charge < -0.3 is 15.4 Å². The SMILES string of the molecule is COc1ccc(C(=O)Nc2ccc(Cl)cc2C(=O)NCc2cccnc2)cc1. The first-order valence-electron chi connectivity index (χ1n) is 8.49. The Bertz CT molecular complexity index is 976. The van der Waals surface area contributed by atoms with Crippen molar-refractivity contribution < 1.29 is 14.3 Å². The van der Waals surface area contributed by atoms with E-state index in [0.29, 0.717) is 28.6 Å². The number of aromatic nitrogens is 1. The van der Waals surface area contributed by atoms with Crippen molar-refractivity contribution in [3.05, 3.63) is 88.7 Å². The molecule has 0 unspecified atom stereocenters. The van der Waals surface area contributed by atoms with Crippen molar-refractivity contribution in [2.75, 3.05) is 12.4 Å².